The molecule has 0 saturated heterocycles. The zero-order valence-electron chi connectivity index (χ0n) is 20.5. The number of carbonyl (C=O) groups is 1. The first kappa shape index (κ1) is 25.2. The number of hydrogen-bond acceptors (Lipinski definition) is 3. The summed E-state index contributed by atoms with van der Waals surface area (Å²) in [4.78, 5) is 11.8. The highest BCUT2D eigenvalue weighted by Gasteiger charge is 2.36. The molecular formula is C32H33NO3. The standard InChI is InChI=1S/C32H33NO3/c34-24-23-33-31(35)21-18-26-16-19-30(20-17-26)36-25-22-32(27-10-4-1-5-11-27,28-12-6-2-7-13-28)29-14-8-3-9-15-29/h1-17,19-20,34H,18,21-25H2,(H,33,35). The normalized spacial score (nSPS) is 11.1. The van der Waals surface area contributed by atoms with Crippen LogP contribution in [0, 0.1) is 0 Å². The first-order valence-corrected chi connectivity index (χ1v) is 12.5. The van der Waals surface area contributed by atoms with E-state index >= 15 is 0 Å². The Morgan fingerprint density at radius 3 is 1.69 bits per heavy atom. The Kier molecular flexibility index (Phi) is 8.90. The van der Waals surface area contributed by atoms with E-state index in [4.69, 9.17) is 9.84 Å². The van der Waals surface area contributed by atoms with Gasteiger partial charge in [-0.25, -0.2) is 0 Å². The molecule has 0 bridgehead atoms. The van der Waals surface area contributed by atoms with Gasteiger partial charge in [-0.1, -0.05) is 103 Å². The maximum atomic E-state index is 11.8. The fraction of sp³-hybridized carbons (Fsp3) is 0.219. The second-order valence-electron chi connectivity index (χ2n) is 8.82. The summed E-state index contributed by atoms with van der Waals surface area (Å²) in [6.45, 7) is 0.793. The van der Waals surface area contributed by atoms with E-state index in [0.717, 1.165) is 17.7 Å². The average Bonchev–Trinajstić information content (AvgIpc) is 2.95. The predicted octanol–water partition coefficient (Wildman–Crippen LogP) is 5.53. The number of nitrogens with one attached hydrogen (secondary N) is 1. The van der Waals surface area contributed by atoms with Crippen LogP contribution in [0.1, 0.15) is 35.1 Å². The van der Waals surface area contributed by atoms with E-state index in [9.17, 15) is 4.79 Å². The average molecular weight is 480 g/mol. The van der Waals surface area contributed by atoms with Crippen LogP contribution in [-0.4, -0.2) is 30.8 Å². The first-order valence-electron chi connectivity index (χ1n) is 12.5. The number of aryl methyl sites for hydroxylation is 1. The van der Waals surface area contributed by atoms with Crippen LogP contribution < -0.4 is 10.1 Å². The van der Waals surface area contributed by atoms with Crippen LogP contribution >= 0.6 is 0 Å². The summed E-state index contributed by atoms with van der Waals surface area (Å²) in [7, 11) is 0. The van der Waals surface area contributed by atoms with Crippen LogP contribution in [0.5, 0.6) is 5.75 Å². The summed E-state index contributed by atoms with van der Waals surface area (Å²) in [5, 5.41) is 11.5. The molecule has 0 heterocycles. The quantitative estimate of drug-likeness (QED) is 0.263. The van der Waals surface area contributed by atoms with Crippen LogP contribution in [0.25, 0.3) is 0 Å². The molecule has 0 radical (unpaired) electrons. The molecule has 0 aromatic heterocycles. The Bertz CT molecular complexity index is 1100. The SMILES string of the molecule is O=C(CCc1ccc(OCCC(c2ccccc2)(c2ccccc2)c2ccccc2)cc1)NCCO. The molecular weight excluding hydrogens is 446 g/mol. The number of benzene rings is 4. The highest BCUT2D eigenvalue weighted by Crippen LogP contribution is 2.42. The van der Waals surface area contributed by atoms with Crippen molar-refractivity contribution in [3.05, 3.63) is 138 Å². The smallest absolute Gasteiger partial charge is 0.220 e. The van der Waals surface area contributed by atoms with E-state index in [1.807, 2.05) is 24.3 Å². The molecule has 4 nitrogen and oxygen atoms in total. The monoisotopic (exact) mass is 479 g/mol. The molecule has 4 heteroatoms. The largest absolute Gasteiger partial charge is 0.494 e. The number of ether oxygens (including phenoxy) is 1. The highest BCUT2D eigenvalue weighted by atomic mass is 16.5. The maximum absolute atomic E-state index is 11.8. The van der Waals surface area contributed by atoms with Crippen LogP contribution in [0.4, 0.5) is 0 Å². The predicted molar refractivity (Wildman–Crippen MR) is 144 cm³/mol. The lowest BCUT2D eigenvalue weighted by Crippen LogP contribution is -2.31. The number of aliphatic hydroxyl groups is 1. The van der Waals surface area contributed by atoms with E-state index < -0.39 is 0 Å². The highest BCUT2D eigenvalue weighted by molar-refractivity contribution is 5.76. The van der Waals surface area contributed by atoms with Gasteiger partial charge >= 0.3 is 0 Å². The third-order valence-corrected chi connectivity index (χ3v) is 6.54. The first-order chi connectivity index (χ1) is 17.7. The van der Waals surface area contributed by atoms with Crippen LogP contribution in [0.2, 0.25) is 0 Å². The molecule has 36 heavy (non-hydrogen) atoms. The fourth-order valence-corrected chi connectivity index (χ4v) is 4.72. The van der Waals surface area contributed by atoms with E-state index in [-0.39, 0.29) is 17.9 Å². The van der Waals surface area contributed by atoms with Crippen LogP contribution in [0.3, 0.4) is 0 Å². The molecule has 0 spiro atoms. The van der Waals surface area contributed by atoms with Gasteiger partial charge in [0.1, 0.15) is 5.75 Å². The van der Waals surface area contributed by atoms with Gasteiger partial charge in [-0.3, -0.25) is 4.79 Å². The lowest BCUT2D eigenvalue weighted by atomic mass is 9.67. The Labute approximate surface area is 213 Å². The van der Waals surface area contributed by atoms with Gasteiger partial charge in [-0.2, -0.15) is 0 Å². The van der Waals surface area contributed by atoms with Crippen molar-refractivity contribution in [3.63, 3.8) is 0 Å². The molecule has 2 N–H and O–H groups in total. The molecule has 4 aromatic carbocycles. The summed E-state index contributed by atoms with van der Waals surface area (Å²) >= 11 is 0. The van der Waals surface area contributed by atoms with Crippen LogP contribution in [-0.2, 0) is 16.6 Å². The van der Waals surface area contributed by atoms with Gasteiger partial charge in [0.2, 0.25) is 5.91 Å². The molecule has 0 aliphatic carbocycles. The summed E-state index contributed by atoms with van der Waals surface area (Å²) in [5.74, 6) is 0.759. The molecule has 0 fully saturated rings. The molecule has 0 aliphatic heterocycles. The third-order valence-electron chi connectivity index (χ3n) is 6.54. The van der Waals surface area contributed by atoms with Crippen molar-refractivity contribution < 1.29 is 14.6 Å². The Morgan fingerprint density at radius 1 is 0.722 bits per heavy atom. The lowest BCUT2D eigenvalue weighted by molar-refractivity contribution is -0.121. The van der Waals surface area contributed by atoms with Crippen molar-refractivity contribution in [2.75, 3.05) is 19.8 Å². The summed E-state index contributed by atoms with van der Waals surface area (Å²) in [6.07, 6.45) is 1.82. The van der Waals surface area contributed by atoms with Crippen LogP contribution in [0.15, 0.2) is 115 Å². The number of aliphatic hydroxyl groups excluding tert-OH is 1. The van der Waals surface area contributed by atoms with Gasteiger partial charge in [0.05, 0.1) is 13.2 Å². The number of hydrogen-bond donors (Lipinski definition) is 2. The summed E-state index contributed by atoms with van der Waals surface area (Å²) < 4.78 is 6.25. The van der Waals surface area contributed by atoms with Crippen molar-refractivity contribution in [2.24, 2.45) is 0 Å². The van der Waals surface area contributed by atoms with E-state index in [0.29, 0.717) is 26.0 Å². The van der Waals surface area contributed by atoms with Gasteiger partial charge in [0.15, 0.2) is 0 Å². The van der Waals surface area contributed by atoms with Gasteiger partial charge in [-0.05, 0) is 47.2 Å². The minimum absolute atomic E-state index is 0.0438. The molecule has 1 amide bonds. The minimum atomic E-state index is -0.342. The molecule has 184 valence electrons. The summed E-state index contributed by atoms with van der Waals surface area (Å²) in [6, 6.07) is 39.9. The van der Waals surface area contributed by atoms with E-state index in [1.54, 1.807) is 0 Å². The topological polar surface area (TPSA) is 58.6 Å². The number of carbonyl (C=O) groups excluding carboxylic acids is 1. The second-order valence-corrected chi connectivity index (χ2v) is 8.82. The minimum Gasteiger partial charge on any atom is -0.494 e. The zero-order valence-corrected chi connectivity index (χ0v) is 20.5. The van der Waals surface area contributed by atoms with Crippen molar-refractivity contribution in [1.82, 2.24) is 5.32 Å². The van der Waals surface area contributed by atoms with Crippen molar-refractivity contribution in [1.29, 1.82) is 0 Å². The molecule has 0 atom stereocenters. The zero-order chi connectivity index (χ0) is 25.1. The Hall–Kier alpha value is -3.89. The Morgan fingerprint density at radius 2 is 1.22 bits per heavy atom. The summed E-state index contributed by atoms with van der Waals surface area (Å²) in [5.41, 5.74) is 4.45. The number of rotatable bonds is 12. The van der Waals surface area contributed by atoms with Gasteiger partial charge < -0.3 is 15.2 Å². The molecule has 4 rings (SSSR count). The number of amides is 1. The maximum Gasteiger partial charge on any atom is 0.220 e. The molecule has 0 aliphatic rings. The lowest BCUT2D eigenvalue weighted by Gasteiger charge is -2.36. The molecule has 0 unspecified atom stereocenters. The Balaban J connectivity index is 1.51. The van der Waals surface area contributed by atoms with Crippen molar-refractivity contribution in [2.45, 2.75) is 24.7 Å². The van der Waals surface area contributed by atoms with Crippen molar-refractivity contribution in [3.8, 4) is 5.75 Å². The molecule has 4 aromatic rings. The van der Waals surface area contributed by atoms with E-state index in [1.165, 1.54) is 16.7 Å². The van der Waals surface area contributed by atoms with Gasteiger partial charge in [0, 0.05) is 18.4 Å². The van der Waals surface area contributed by atoms with E-state index in [2.05, 4.69) is 96.3 Å². The molecule has 0 saturated carbocycles. The van der Waals surface area contributed by atoms with Crippen molar-refractivity contribution >= 4 is 5.91 Å². The third kappa shape index (κ3) is 6.21. The fourth-order valence-electron chi connectivity index (χ4n) is 4.72. The van der Waals surface area contributed by atoms with Gasteiger partial charge in [0.25, 0.3) is 0 Å². The second kappa shape index (κ2) is 12.7. The van der Waals surface area contributed by atoms with Gasteiger partial charge in [-0.15, -0.1) is 0 Å².